The van der Waals surface area contributed by atoms with E-state index in [2.05, 4.69) is 44.3 Å². The van der Waals surface area contributed by atoms with Crippen LogP contribution in [0.2, 0.25) is 0 Å². The molecule has 1 aromatic carbocycles. The molecule has 0 saturated heterocycles. The highest BCUT2D eigenvalue weighted by atomic mass is 32.2. The Bertz CT molecular complexity index is 525. The van der Waals surface area contributed by atoms with Gasteiger partial charge >= 0.3 is 0 Å². The predicted molar refractivity (Wildman–Crippen MR) is 88.2 cm³/mol. The van der Waals surface area contributed by atoms with Gasteiger partial charge in [0.15, 0.2) is 0 Å². The lowest BCUT2D eigenvalue weighted by Gasteiger charge is -2.10. The fourth-order valence-corrected chi connectivity index (χ4v) is 4.01. The molecule has 0 spiro atoms. The summed E-state index contributed by atoms with van der Waals surface area (Å²) in [5.74, 6) is 1.50. The average Bonchev–Trinajstić information content (AvgIpc) is 2.30. The summed E-state index contributed by atoms with van der Waals surface area (Å²) in [7, 11) is -2.87. The maximum absolute atomic E-state index is 11.1. The van der Waals surface area contributed by atoms with Gasteiger partial charge in [-0.3, -0.25) is 0 Å². The highest BCUT2D eigenvalue weighted by Gasteiger charge is 2.05. The molecule has 1 N–H and O–H groups in total. The number of hydrogen-bond donors (Lipinski definition) is 1. The molecule has 0 bridgehead atoms. The van der Waals surface area contributed by atoms with E-state index >= 15 is 0 Å². The first-order valence-corrected chi connectivity index (χ1v) is 9.93. The normalized spacial score (nSPS) is 12.1. The Morgan fingerprint density at radius 2 is 2.00 bits per heavy atom. The van der Waals surface area contributed by atoms with Crippen molar-refractivity contribution in [3.63, 3.8) is 0 Å². The van der Waals surface area contributed by atoms with Crippen molar-refractivity contribution in [1.82, 2.24) is 5.32 Å². The van der Waals surface area contributed by atoms with Gasteiger partial charge in [0.25, 0.3) is 0 Å². The minimum Gasteiger partial charge on any atom is -0.312 e. The van der Waals surface area contributed by atoms with Crippen molar-refractivity contribution in [2.24, 2.45) is 5.92 Å². The number of hydrogen-bond acceptors (Lipinski definition) is 4. The zero-order valence-corrected chi connectivity index (χ0v) is 14.4. The van der Waals surface area contributed by atoms with Crippen LogP contribution in [0.4, 0.5) is 0 Å². The van der Waals surface area contributed by atoms with E-state index in [0.29, 0.717) is 11.7 Å². The van der Waals surface area contributed by atoms with E-state index in [-0.39, 0.29) is 5.75 Å². The van der Waals surface area contributed by atoms with Crippen molar-refractivity contribution in [2.75, 3.05) is 24.3 Å². The Hall–Kier alpha value is -0.520. The van der Waals surface area contributed by atoms with Crippen molar-refractivity contribution < 1.29 is 8.42 Å². The summed E-state index contributed by atoms with van der Waals surface area (Å²) in [4.78, 5) is 1.17. The quantitative estimate of drug-likeness (QED) is 0.749. The SMILES string of the molecule is Cc1cc(CNCC(C)C)ccc1SCCS(C)(=O)=O. The van der Waals surface area contributed by atoms with Gasteiger partial charge in [0.2, 0.25) is 0 Å². The van der Waals surface area contributed by atoms with Crippen LogP contribution < -0.4 is 5.32 Å². The largest absolute Gasteiger partial charge is 0.312 e. The first-order valence-electron chi connectivity index (χ1n) is 6.88. The second kappa shape index (κ2) is 8.05. The van der Waals surface area contributed by atoms with Crippen LogP contribution in [-0.4, -0.2) is 32.7 Å². The van der Waals surface area contributed by atoms with Crippen molar-refractivity contribution in [3.8, 4) is 0 Å². The van der Waals surface area contributed by atoms with Crippen molar-refractivity contribution in [3.05, 3.63) is 29.3 Å². The Balaban J connectivity index is 2.51. The number of rotatable bonds is 8. The lowest BCUT2D eigenvalue weighted by molar-refractivity contribution is 0.552. The second-order valence-electron chi connectivity index (χ2n) is 5.60. The van der Waals surface area contributed by atoms with Crippen molar-refractivity contribution in [2.45, 2.75) is 32.2 Å². The number of aryl methyl sites for hydroxylation is 1. The average molecular weight is 316 g/mol. The molecule has 0 aliphatic carbocycles. The molecule has 0 amide bonds. The highest BCUT2D eigenvalue weighted by molar-refractivity contribution is 8.00. The van der Waals surface area contributed by atoms with Gasteiger partial charge in [-0.2, -0.15) is 0 Å². The van der Waals surface area contributed by atoms with Crippen LogP contribution in [0.15, 0.2) is 23.1 Å². The Morgan fingerprint density at radius 1 is 1.30 bits per heavy atom. The van der Waals surface area contributed by atoms with Crippen LogP contribution in [0.25, 0.3) is 0 Å². The van der Waals surface area contributed by atoms with Gasteiger partial charge in [0.1, 0.15) is 9.84 Å². The van der Waals surface area contributed by atoms with Crippen molar-refractivity contribution >= 4 is 21.6 Å². The van der Waals surface area contributed by atoms with Gasteiger partial charge in [-0.1, -0.05) is 26.0 Å². The van der Waals surface area contributed by atoms with Crippen LogP contribution in [0.1, 0.15) is 25.0 Å². The highest BCUT2D eigenvalue weighted by Crippen LogP contribution is 2.23. The summed E-state index contributed by atoms with van der Waals surface area (Å²) in [5.41, 5.74) is 2.49. The molecular weight excluding hydrogens is 290 g/mol. The molecule has 0 aliphatic heterocycles. The molecule has 0 aliphatic rings. The molecule has 0 aromatic heterocycles. The molecule has 114 valence electrons. The maximum Gasteiger partial charge on any atom is 0.148 e. The predicted octanol–water partition coefficient (Wildman–Crippen LogP) is 2.88. The summed E-state index contributed by atoms with van der Waals surface area (Å²) >= 11 is 1.61. The monoisotopic (exact) mass is 315 g/mol. The first-order chi connectivity index (χ1) is 9.28. The zero-order valence-electron chi connectivity index (χ0n) is 12.8. The van der Waals surface area contributed by atoms with E-state index < -0.39 is 9.84 Å². The number of thioether (sulfide) groups is 1. The fourth-order valence-electron chi connectivity index (χ4n) is 1.79. The topological polar surface area (TPSA) is 46.2 Å². The summed E-state index contributed by atoms with van der Waals surface area (Å²) in [6.45, 7) is 8.37. The molecule has 0 fully saturated rings. The molecule has 5 heteroatoms. The summed E-state index contributed by atoms with van der Waals surface area (Å²) in [5, 5.41) is 3.42. The van der Waals surface area contributed by atoms with Crippen LogP contribution in [-0.2, 0) is 16.4 Å². The Morgan fingerprint density at radius 3 is 2.55 bits per heavy atom. The molecule has 0 radical (unpaired) electrons. The molecule has 1 aromatic rings. The van der Waals surface area contributed by atoms with E-state index in [9.17, 15) is 8.42 Å². The molecule has 0 unspecified atom stereocenters. The zero-order chi connectivity index (χ0) is 15.2. The van der Waals surface area contributed by atoms with Crippen molar-refractivity contribution in [1.29, 1.82) is 0 Å². The summed E-state index contributed by atoms with van der Waals surface area (Å²) < 4.78 is 22.2. The lowest BCUT2D eigenvalue weighted by atomic mass is 10.1. The Labute approximate surface area is 127 Å². The molecule has 20 heavy (non-hydrogen) atoms. The van der Waals surface area contributed by atoms with E-state index in [0.717, 1.165) is 13.1 Å². The van der Waals surface area contributed by atoms with Crippen LogP contribution in [0.5, 0.6) is 0 Å². The first kappa shape index (κ1) is 17.5. The van der Waals surface area contributed by atoms with Crippen LogP contribution in [0, 0.1) is 12.8 Å². The Kier molecular flexibility index (Phi) is 7.06. The second-order valence-corrected chi connectivity index (χ2v) is 9.00. The minimum atomic E-state index is -2.87. The third kappa shape index (κ3) is 7.31. The summed E-state index contributed by atoms with van der Waals surface area (Å²) in [6.07, 6.45) is 1.28. The summed E-state index contributed by atoms with van der Waals surface area (Å²) in [6, 6.07) is 6.38. The van der Waals surface area contributed by atoms with Gasteiger partial charge in [-0.05, 0) is 36.6 Å². The van der Waals surface area contributed by atoms with Gasteiger partial charge in [-0.15, -0.1) is 11.8 Å². The molecule has 0 saturated carbocycles. The third-order valence-corrected chi connectivity index (χ3v) is 5.21. The maximum atomic E-state index is 11.1. The fraction of sp³-hybridized carbons (Fsp3) is 0.600. The standard InChI is InChI=1S/C15H25NO2S2/c1-12(2)10-16-11-14-5-6-15(13(3)9-14)19-7-8-20(4,17)18/h5-6,9,12,16H,7-8,10-11H2,1-4H3. The molecule has 0 atom stereocenters. The number of sulfone groups is 1. The van der Waals surface area contributed by atoms with Gasteiger partial charge < -0.3 is 5.32 Å². The van der Waals surface area contributed by atoms with Gasteiger partial charge in [0, 0.05) is 23.4 Å². The number of nitrogens with one attached hydrogen (secondary N) is 1. The number of benzene rings is 1. The van der Waals surface area contributed by atoms with E-state index in [1.807, 2.05) is 0 Å². The van der Waals surface area contributed by atoms with Crippen LogP contribution >= 0.6 is 11.8 Å². The smallest absolute Gasteiger partial charge is 0.148 e. The molecule has 3 nitrogen and oxygen atoms in total. The lowest BCUT2D eigenvalue weighted by Crippen LogP contribution is -2.18. The van der Waals surface area contributed by atoms with Crippen LogP contribution in [0.3, 0.4) is 0 Å². The van der Waals surface area contributed by atoms with E-state index in [4.69, 9.17) is 0 Å². The van der Waals surface area contributed by atoms with Gasteiger partial charge in [-0.25, -0.2) is 8.42 Å². The third-order valence-electron chi connectivity index (χ3n) is 2.83. The molecule has 1 rings (SSSR count). The molecule has 0 heterocycles. The molecular formula is C15H25NO2S2. The van der Waals surface area contributed by atoms with E-state index in [1.165, 1.54) is 22.3 Å². The minimum absolute atomic E-state index is 0.231. The van der Waals surface area contributed by atoms with E-state index in [1.54, 1.807) is 11.8 Å². The van der Waals surface area contributed by atoms with Gasteiger partial charge in [0.05, 0.1) is 5.75 Å².